The molecule has 0 heterocycles. The van der Waals surface area contributed by atoms with Crippen LogP contribution in [0.4, 0.5) is 8.78 Å². The van der Waals surface area contributed by atoms with Gasteiger partial charge in [0.2, 0.25) is 0 Å². The van der Waals surface area contributed by atoms with Crippen LogP contribution in [-0.4, -0.2) is 39.4 Å². The van der Waals surface area contributed by atoms with Crippen LogP contribution in [0, 0.1) is 0 Å². The lowest BCUT2D eigenvalue weighted by molar-refractivity contribution is -0.0504. The van der Waals surface area contributed by atoms with Crippen LogP contribution >= 0.6 is 24.0 Å². The topological polar surface area (TPSA) is 54.9 Å². The Morgan fingerprint density at radius 3 is 2.64 bits per heavy atom. The summed E-state index contributed by atoms with van der Waals surface area (Å²) in [6.45, 7) is 1.20. The quantitative estimate of drug-likeness (QED) is 0.289. The van der Waals surface area contributed by atoms with E-state index >= 15 is 0 Å². The highest BCUT2D eigenvalue weighted by Gasteiger charge is 2.08. The highest BCUT2D eigenvalue weighted by atomic mass is 127. The van der Waals surface area contributed by atoms with Gasteiger partial charge in [0.05, 0.1) is 13.2 Å². The second-order valence-corrected chi connectivity index (χ2v) is 4.10. The lowest BCUT2D eigenvalue weighted by Crippen LogP contribution is -2.38. The zero-order valence-electron chi connectivity index (χ0n) is 12.6. The zero-order chi connectivity index (χ0) is 15.5. The average Bonchev–Trinajstić information content (AvgIpc) is 2.45. The van der Waals surface area contributed by atoms with E-state index in [4.69, 9.17) is 4.74 Å². The van der Waals surface area contributed by atoms with Crippen LogP contribution in [0.5, 0.6) is 5.75 Å². The van der Waals surface area contributed by atoms with Crippen molar-refractivity contribution >= 4 is 29.9 Å². The third-order valence-electron chi connectivity index (χ3n) is 2.54. The second kappa shape index (κ2) is 12.4. The maximum atomic E-state index is 12.3. The number of hydrogen-bond acceptors (Lipinski definition) is 3. The van der Waals surface area contributed by atoms with Crippen molar-refractivity contribution in [2.75, 3.05) is 26.8 Å². The Morgan fingerprint density at radius 1 is 1.27 bits per heavy atom. The van der Waals surface area contributed by atoms with Crippen LogP contribution in [-0.2, 0) is 11.3 Å². The first-order chi connectivity index (χ1) is 10.2. The van der Waals surface area contributed by atoms with Gasteiger partial charge in [-0.25, -0.2) is 4.99 Å². The number of ether oxygens (including phenoxy) is 2. The Balaban J connectivity index is 0.00000441. The highest BCUT2D eigenvalue weighted by molar-refractivity contribution is 14.0. The van der Waals surface area contributed by atoms with Crippen molar-refractivity contribution < 1.29 is 18.3 Å². The predicted molar refractivity (Wildman–Crippen MR) is 93.2 cm³/mol. The van der Waals surface area contributed by atoms with Crippen molar-refractivity contribution in [3.8, 4) is 5.75 Å². The molecule has 1 rings (SSSR count). The van der Waals surface area contributed by atoms with Gasteiger partial charge < -0.3 is 20.1 Å². The van der Waals surface area contributed by atoms with Crippen molar-refractivity contribution in [2.24, 2.45) is 4.99 Å². The molecule has 1 aromatic carbocycles. The summed E-state index contributed by atoms with van der Waals surface area (Å²) < 4.78 is 34.1. The summed E-state index contributed by atoms with van der Waals surface area (Å²) in [5, 5.41) is 6.14. The fourth-order valence-corrected chi connectivity index (χ4v) is 1.62. The number of halogens is 3. The SMILES string of the molecule is CCNC(=NCc1ccccc1OC(F)F)NCCOC.I. The molecule has 0 spiro atoms. The molecule has 0 bridgehead atoms. The Morgan fingerprint density at radius 2 is 2.00 bits per heavy atom. The number of methoxy groups -OCH3 is 1. The first kappa shape index (κ1) is 20.8. The number of nitrogens with one attached hydrogen (secondary N) is 2. The first-order valence-corrected chi connectivity index (χ1v) is 6.71. The molecule has 2 N–H and O–H groups in total. The minimum Gasteiger partial charge on any atom is -0.434 e. The molecule has 0 fully saturated rings. The largest absolute Gasteiger partial charge is 0.434 e. The van der Waals surface area contributed by atoms with E-state index in [-0.39, 0.29) is 36.3 Å². The van der Waals surface area contributed by atoms with E-state index in [0.29, 0.717) is 31.2 Å². The van der Waals surface area contributed by atoms with Gasteiger partial charge in [0, 0.05) is 25.8 Å². The standard InChI is InChI=1S/C14H21F2N3O2.HI/c1-3-17-14(18-8-9-20-2)19-10-11-6-4-5-7-12(11)21-13(15)16;/h4-7,13H,3,8-10H2,1-2H3,(H2,17,18,19);1H. The van der Waals surface area contributed by atoms with Gasteiger partial charge in [-0.15, -0.1) is 24.0 Å². The van der Waals surface area contributed by atoms with E-state index in [0.717, 1.165) is 0 Å². The van der Waals surface area contributed by atoms with Gasteiger partial charge in [0.1, 0.15) is 5.75 Å². The van der Waals surface area contributed by atoms with Gasteiger partial charge >= 0.3 is 6.61 Å². The molecule has 22 heavy (non-hydrogen) atoms. The fraction of sp³-hybridized carbons (Fsp3) is 0.500. The Labute approximate surface area is 146 Å². The molecule has 0 radical (unpaired) electrons. The normalized spacial score (nSPS) is 11.0. The van der Waals surface area contributed by atoms with Gasteiger partial charge in [0.25, 0.3) is 0 Å². The summed E-state index contributed by atoms with van der Waals surface area (Å²) in [5.41, 5.74) is 0.599. The van der Waals surface area contributed by atoms with E-state index in [9.17, 15) is 8.78 Å². The molecule has 5 nitrogen and oxygen atoms in total. The molecule has 126 valence electrons. The Kier molecular flexibility index (Phi) is 11.7. The van der Waals surface area contributed by atoms with Crippen LogP contribution in [0.3, 0.4) is 0 Å². The maximum absolute atomic E-state index is 12.3. The molecule has 0 saturated carbocycles. The van der Waals surface area contributed by atoms with Gasteiger partial charge in [-0.2, -0.15) is 8.78 Å². The van der Waals surface area contributed by atoms with Crippen LogP contribution in [0.2, 0.25) is 0 Å². The summed E-state index contributed by atoms with van der Waals surface area (Å²) in [7, 11) is 1.61. The molecule has 1 aromatic rings. The van der Waals surface area contributed by atoms with Crippen LogP contribution in [0.25, 0.3) is 0 Å². The number of hydrogen-bond donors (Lipinski definition) is 2. The Bertz CT molecular complexity index is 448. The molecule has 0 saturated heterocycles. The van der Waals surface area contributed by atoms with Crippen molar-refractivity contribution in [2.45, 2.75) is 20.1 Å². The molecular formula is C14H22F2IN3O2. The maximum Gasteiger partial charge on any atom is 0.387 e. The average molecular weight is 429 g/mol. The van der Waals surface area contributed by atoms with E-state index in [2.05, 4.69) is 20.4 Å². The third kappa shape index (κ3) is 8.32. The number of aliphatic imine (C=N–C) groups is 1. The smallest absolute Gasteiger partial charge is 0.387 e. The summed E-state index contributed by atoms with van der Waals surface area (Å²) in [5.74, 6) is 0.741. The third-order valence-corrected chi connectivity index (χ3v) is 2.54. The Hall–Kier alpha value is -1.16. The first-order valence-electron chi connectivity index (χ1n) is 6.71. The summed E-state index contributed by atoms with van der Waals surface area (Å²) in [6.07, 6.45) is 0. The molecule has 0 aromatic heterocycles. The number of rotatable bonds is 8. The number of alkyl halides is 2. The van der Waals surface area contributed by atoms with Crippen LogP contribution in [0.15, 0.2) is 29.3 Å². The van der Waals surface area contributed by atoms with Crippen molar-refractivity contribution in [1.29, 1.82) is 0 Å². The zero-order valence-corrected chi connectivity index (χ0v) is 15.0. The number of benzene rings is 1. The molecule has 8 heteroatoms. The minimum atomic E-state index is -2.84. The summed E-state index contributed by atoms with van der Waals surface area (Å²) in [4.78, 5) is 4.34. The van der Waals surface area contributed by atoms with E-state index in [1.54, 1.807) is 25.3 Å². The van der Waals surface area contributed by atoms with Crippen molar-refractivity contribution in [3.63, 3.8) is 0 Å². The number of para-hydroxylation sites is 1. The van der Waals surface area contributed by atoms with Gasteiger partial charge in [0.15, 0.2) is 5.96 Å². The lowest BCUT2D eigenvalue weighted by atomic mass is 10.2. The van der Waals surface area contributed by atoms with Crippen molar-refractivity contribution in [1.82, 2.24) is 10.6 Å². The van der Waals surface area contributed by atoms with E-state index in [1.165, 1.54) is 6.07 Å². The molecular weight excluding hydrogens is 407 g/mol. The van der Waals surface area contributed by atoms with E-state index < -0.39 is 6.61 Å². The minimum absolute atomic E-state index is 0. The molecule has 0 aliphatic rings. The second-order valence-electron chi connectivity index (χ2n) is 4.10. The van der Waals surface area contributed by atoms with E-state index in [1.807, 2.05) is 6.92 Å². The van der Waals surface area contributed by atoms with Gasteiger partial charge in [-0.05, 0) is 13.0 Å². The number of guanidine groups is 1. The lowest BCUT2D eigenvalue weighted by Gasteiger charge is -2.12. The fourth-order valence-electron chi connectivity index (χ4n) is 1.62. The summed E-state index contributed by atoms with van der Waals surface area (Å²) in [6, 6.07) is 6.61. The van der Waals surface area contributed by atoms with Crippen molar-refractivity contribution in [3.05, 3.63) is 29.8 Å². The monoisotopic (exact) mass is 429 g/mol. The summed E-state index contributed by atoms with van der Waals surface area (Å²) >= 11 is 0. The molecule has 0 aliphatic heterocycles. The van der Waals surface area contributed by atoms with Gasteiger partial charge in [-0.3, -0.25) is 0 Å². The molecule has 0 atom stereocenters. The van der Waals surface area contributed by atoms with Gasteiger partial charge in [-0.1, -0.05) is 18.2 Å². The molecule has 0 unspecified atom stereocenters. The van der Waals surface area contributed by atoms with Crippen LogP contribution in [0.1, 0.15) is 12.5 Å². The molecule has 0 aliphatic carbocycles. The molecule has 0 amide bonds. The number of nitrogens with zero attached hydrogens (tertiary/aromatic N) is 1. The van der Waals surface area contributed by atoms with Crippen LogP contribution < -0.4 is 15.4 Å². The highest BCUT2D eigenvalue weighted by Crippen LogP contribution is 2.20. The predicted octanol–water partition coefficient (Wildman–Crippen LogP) is 2.61.